The van der Waals surface area contributed by atoms with Gasteiger partial charge < -0.3 is 15.9 Å². The third-order valence-corrected chi connectivity index (χ3v) is 3.38. The van der Waals surface area contributed by atoms with Crippen molar-refractivity contribution in [1.82, 2.24) is 19.9 Å². The molecule has 2 heterocycles. The van der Waals surface area contributed by atoms with E-state index in [0.29, 0.717) is 26.8 Å². The molecule has 2 aromatic heterocycles. The van der Waals surface area contributed by atoms with Gasteiger partial charge in [-0.05, 0) is 19.1 Å². The number of aromatic hydroxyl groups is 1. The van der Waals surface area contributed by atoms with Crippen LogP contribution in [-0.4, -0.2) is 25.0 Å². The van der Waals surface area contributed by atoms with E-state index >= 15 is 0 Å². The average molecular weight is 326 g/mol. The highest BCUT2D eigenvalue weighted by Crippen LogP contribution is 2.40. The van der Waals surface area contributed by atoms with Crippen molar-refractivity contribution in [2.45, 2.75) is 6.92 Å². The van der Waals surface area contributed by atoms with Crippen molar-refractivity contribution in [3.8, 4) is 5.88 Å². The Bertz CT molecular complexity index is 867. The Labute approximate surface area is 128 Å². The van der Waals surface area contributed by atoms with Crippen molar-refractivity contribution in [3.05, 3.63) is 28.0 Å². The van der Waals surface area contributed by atoms with Crippen LogP contribution in [0.2, 0.25) is 10.0 Å². The van der Waals surface area contributed by atoms with Crippen LogP contribution in [0.5, 0.6) is 5.88 Å². The van der Waals surface area contributed by atoms with Gasteiger partial charge in [-0.3, -0.25) is 0 Å². The highest BCUT2D eigenvalue weighted by Gasteiger charge is 2.14. The van der Waals surface area contributed by atoms with Crippen LogP contribution in [0.4, 0.5) is 11.6 Å². The van der Waals surface area contributed by atoms with Crippen molar-refractivity contribution in [1.29, 1.82) is 0 Å². The maximum Gasteiger partial charge on any atom is 0.288 e. The first kappa shape index (κ1) is 13.7. The molecule has 8 nitrogen and oxygen atoms in total. The van der Waals surface area contributed by atoms with Crippen LogP contribution in [0.3, 0.4) is 0 Å². The predicted octanol–water partition coefficient (Wildman–Crippen LogP) is 3.21. The number of fused-ring (bicyclic) bond motifs is 1. The first-order chi connectivity index (χ1) is 9.97. The molecule has 21 heavy (non-hydrogen) atoms. The van der Waals surface area contributed by atoms with Crippen molar-refractivity contribution in [2.75, 3.05) is 5.84 Å². The molecular formula is C11H9Cl2N7O. The highest BCUT2D eigenvalue weighted by atomic mass is 35.5. The number of nitrogens with zero attached hydrogens (tertiary/aromatic N) is 5. The van der Waals surface area contributed by atoms with Crippen molar-refractivity contribution >= 4 is 45.7 Å². The number of aromatic amines is 1. The summed E-state index contributed by atoms with van der Waals surface area (Å²) in [5.41, 5.74) is 0.702. The summed E-state index contributed by atoms with van der Waals surface area (Å²) in [4.78, 5) is 2.72. The number of azo groups is 1. The Balaban J connectivity index is 2.12. The molecule has 1 aromatic carbocycles. The summed E-state index contributed by atoms with van der Waals surface area (Å²) in [6.45, 7) is 1.68. The summed E-state index contributed by atoms with van der Waals surface area (Å²) >= 11 is 12.0. The quantitative estimate of drug-likeness (QED) is 0.495. The van der Waals surface area contributed by atoms with E-state index in [1.165, 1.54) is 4.68 Å². The van der Waals surface area contributed by atoms with Gasteiger partial charge in [0, 0.05) is 10.4 Å². The van der Waals surface area contributed by atoms with Gasteiger partial charge in [0.2, 0.25) is 5.88 Å². The van der Waals surface area contributed by atoms with E-state index in [2.05, 4.69) is 25.4 Å². The molecule has 3 aromatic rings. The molecule has 108 valence electrons. The third-order valence-electron chi connectivity index (χ3n) is 2.87. The number of hydrogen-bond acceptors (Lipinski definition) is 6. The monoisotopic (exact) mass is 325 g/mol. The molecule has 0 saturated heterocycles. The maximum absolute atomic E-state index is 9.92. The highest BCUT2D eigenvalue weighted by molar-refractivity contribution is 6.38. The van der Waals surface area contributed by atoms with Crippen LogP contribution in [0, 0.1) is 6.92 Å². The lowest BCUT2D eigenvalue weighted by atomic mass is 10.2. The zero-order valence-corrected chi connectivity index (χ0v) is 12.2. The minimum Gasteiger partial charge on any atom is -0.493 e. The lowest BCUT2D eigenvalue weighted by Gasteiger charge is -1.96. The lowest BCUT2D eigenvalue weighted by molar-refractivity contribution is 0.459. The number of nitrogen functional groups attached to an aromatic ring is 1. The summed E-state index contributed by atoms with van der Waals surface area (Å²) < 4.78 is 1.18. The second-order valence-corrected chi connectivity index (χ2v) is 5.09. The molecular weight excluding hydrogens is 317 g/mol. The molecule has 0 amide bonds. The Morgan fingerprint density at radius 1 is 1.29 bits per heavy atom. The number of aryl methyl sites for hydroxylation is 1. The molecule has 0 aliphatic heterocycles. The molecule has 4 N–H and O–H groups in total. The van der Waals surface area contributed by atoms with Crippen molar-refractivity contribution < 1.29 is 5.11 Å². The number of aromatic nitrogens is 4. The Kier molecular flexibility index (Phi) is 3.19. The third kappa shape index (κ3) is 2.28. The smallest absolute Gasteiger partial charge is 0.288 e. The van der Waals surface area contributed by atoms with Crippen LogP contribution in [0.15, 0.2) is 22.4 Å². The number of hydrogen-bond donors (Lipinski definition) is 3. The van der Waals surface area contributed by atoms with Gasteiger partial charge in [0.25, 0.3) is 5.95 Å². The number of H-pyrrole nitrogens is 1. The zero-order chi connectivity index (χ0) is 15.1. The summed E-state index contributed by atoms with van der Waals surface area (Å²) in [6.07, 6.45) is 0. The molecule has 0 aliphatic rings. The molecule has 10 heteroatoms. The first-order valence-electron chi connectivity index (χ1n) is 5.76. The molecule has 0 radical (unpaired) electrons. The van der Waals surface area contributed by atoms with E-state index in [0.717, 1.165) is 0 Å². The van der Waals surface area contributed by atoms with E-state index in [1.54, 1.807) is 19.1 Å². The molecule has 0 atom stereocenters. The van der Waals surface area contributed by atoms with Crippen LogP contribution in [0.25, 0.3) is 10.9 Å². The zero-order valence-electron chi connectivity index (χ0n) is 10.7. The van der Waals surface area contributed by atoms with E-state index in [1.807, 2.05) is 0 Å². The summed E-state index contributed by atoms with van der Waals surface area (Å²) in [5, 5.41) is 26.5. The van der Waals surface area contributed by atoms with E-state index < -0.39 is 0 Å². The number of halogens is 2. The van der Waals surface area contributed by atoms with Gasteiger partial charge in [0.15, 0.2) is 11.5 Å². The fourth-order valence-electron chi connectivity index (χ4n) is 1.81. The van der Waals surface area contributed by atoms with Gasteiger partial charge >= 0.3 is 0 Å². The molecule has 0 unspecified atom stereocenters. The Morgan fingerprint density at radius 3 is 2.71 bits per heavy atom. The van der Waals surface area contributed by atoms with Crippen LogP contribution >= 0.6 is 23.2 Å². The summed E-state index contributed by atoms with van der Waals surface area (Å²) in [7, 11) is 0. The van der Waals surface area contributed by atoms with Gasteiger partial charge in [0.05, 0.1) is 10.5 Å². The van der Waals surface area contributed by atoms with Gasteiger partial charge in [-0.2, -0.15) is 0 Å². The molecule has 0 spiro atoms. The second-order valence-electron chi connectivity index (χ2n) is 4.25. The molecule has 0 bridgehead atoms. The topological polar surface area (TPSA) is 117 Å². The largest absolute Gasteiger partial charge is 0.493 e. The van der Waals surface area contributed by atoms with Crippen molar-refractivity contribution in [2.24, 2.45) is 10.2 Å². The average Bonchev–Trinajstić information content (AvgIpc) is 2.90. The standard InChI is InChI=1S/C11H9Cl2N7O/c1-4-16-18-11(20(4)14)19-17-9-6-2-5(12)3-7(13)8(6)15-10(9)21/h2-3,15,21H,14H2,1H3. The Hall–Kier alpha value is -2.32. The fourth-order valence-corrected chi connectivity index (χ4v) is 2.36. The number of nitrogens with one attached hydrogen (secondary N) is 1. The van der Waals surface area contributed by atoms with Gasteiger partial charge in [-0.1, -0.05) is 23.2 Å². The minimum atomic E-state index is -0.183. The van der Waals surface area contributed by atoms with E-state index in [4.69, 9.17) is 29.0 Å². The first-order valence-corrected chi connectivity index (χ1v) is 6.51. The van der Waals surface area contributed by atoms with E-state index in [9.17, 15) is 5.11 Å². The van der Waals surface area contributed by atoms with E-state index in [-0.39, 0.29) is 17.5 Å². The van der Waals surface area contributed by atoms with Crippen molar-refractivity contribution in [3.63, 3.8) is 0 Å². The SMILES string of the molecule is Cc1nnc(N=Nc2c(O)[nH]c3c(Cl)cc(Cl)cc23)n1N. The van der Waals surface area contributed by atoms with Crippen LogP contribution in [-0.2, 0) is 0 Å². The van der Waals surface area contributed by atoms with Gasteiger partial charge in [-0.15, -0.1) is 20.4 Å². The van der Waals surface area contributed by atoms with Gasteiger partial charge in [-0.25, -0.2) is 4.68 Å². The van der Waals surface area contributed by atoms with Crippen LogP contribution < -0.4 is 5.84 Å². The van der Waals surface area contributed by atoms with Crippen LogP contribution in [0.1, 0.15) is 5.82 Å². The fraction of sp³-hybridized carbons (Fsp3) is 0.0909. The second kappa shape index (κ2) is 4.90. The minimum absolute atomic E-state index is 0.106. The normalized spacial score (nSPS) is 11.8. The van der Waals surface area contributed by atoms with Gasteiger partial charge in [0.1, 0.15) is 0 Å². The molecule has 3 rings (SSSR count). The lowest BCUT2D eigenvalue weighted by Crippen LogP contribution is -2.09. The summed E-state index contributed by atoms with van der Waals surface area (Å²) in [6, 6.07) is 3.17. The number of nitrogens with two attached hydrogens (primary N) is 1. The summed E-state index contributed by atoms with van der Waals surface area (Å²) in [5.74, 6) is 6.07. The molecule has 0 fully saturated rings. The Morgan fingerprint density at radius 2 is 2.05 bits per heavy atom. The molecule has 0 saturated carbocycles. The number of rotatable bonds is 2. The maximum atomic E-state index is 9.92. The number of benzene rings is 1. The predicted molar refractivity (Wildman–Crippen MR) is 79.1 cm³/mol. The molecule has 0 aliphatic carbocycles.